The number of furan rings is 1. The molecule has 1 atom stereocenters. The fraction of sp³-hybridized carbons (Fsp3) is 0.619. The minimum absolute atomic E-state index is 0.151. The van der Waals surface area contributed by atoms with E-state index >= 15 is 0 Å². The van der Waals surface area contributed by atoms with Gasteiger partial charge in [-0.25, -0.2) is 13.2 Å². The predicted molar refractivity (Wildman–Crippen MR) is 110 cm³/mol. The number of hydrogen-bond acceptors (Lipinski definition) is 6. The summed E-state index contributed by atoms with van der Waals surface area (Å²) in [7, 11) is -3.25. The Labute approximate surface area is 171 Å². The highest BCUT2D eigenvalue weighted by Crippen LogP contribution is 2.40. The van der Waals surface area contributed by atoms with Gasteiger partial charge in [-0.05, 0) is 57.1 Å². The Morgan fingerprint density at radius 1 is 1.28 bits per heavy atom. The molecule has 3 heterocycles. The number of likely N-dealkylation sites (tertiary alicyclic amines) is 1. The van der Waals surface area contributed by atoms with E-state index in [-0.39, 0.29) is 30.4 Å². The maximum Gasteiger partial charge on any atom is 0.410 e. The quantitative estimate of drug-likeness (QED) is 0.729. The van der Waals surface area contributed by atoms with Gasteiger partial charge in [0.1, 0.15) is 11.6 Å². The second-order valence-electron chi connectivity index (χ2n) is 8.23. The van der Waals surface area contributed by atoms with E-state index in [0.717, 1.165) is 35.9 Å². The molecule has 2 aliphatic rings. The van der Waals surface area contributed by atoms with Crippen molar-refractivity contribution < 1.29 is 22.4 Å². The Morgan fingerprint density at radius 2 is 2.00 bits per heavy atom. The lowest BCUT2D eigenvalue weighted by Gasteiger charge is -2.40. The highest BCUT2D eigenvalue weighted by molar-refractivity contribution is 7.92. The molecule has 0 unspecified atom stereocenters. The van der Waals surface area contributed by atoms with Crippen molar-refractivity contribution in [1.29, 1.82) is 0 Å². The second-order valence-corrected chi connectivity index (χ2v) is 10.7. The summed E-state index contributed by atoms with van der Waals surface area (Å²) in [5.74, 6) is 0.279. The van der Waals surface area contributed by atoms with Crippen molar-refractivity contribution in [1.82, 2.24) is 9.88 Å². The molecule has 1 aliphatic carbocycles. The Hall–Kier alpha value is -2.09. The molecule has 29 heavy (non-hydrogen) atoms. The Bertz CT molecular complexity index is 972. The van der Waals surface area contributed by atoms with Gasteiger partial charge in [-0.2, -0.15) is 0 Å². The summed E-state index contributed by atoms with van der Waals surface area (Å²) in [4.78, 5) is 17.9. The zero-order valence-corrected chi connectivity index (χ0v) is 17.7. The van der Waals surface area contributed by atoms with Gasteiger partial charge in [-0.3, -0.25) is 4.98 Å². The van der Waals surface area contributed by atoms with Crippen LogP contribution >= 0.6 is 0 Å². The van der Waals surface area contributed by atoms with E-state index in [1.165, 1.54) is 4.90 Å². The van der Waals surface area contributed by atoms with Crippen LogP contribution < -0.4 is 0 Å². The number of nitrogens with zero attached hydrogens (tertiary/aromatic N) is 2. The molecule has 7 nitrogen and oxygen atoms in total. The Balaban J connectivity index is 1.33. The number of pyridine rings is 1. The number of aromatic nitrogens is 1. The van der Waals surface area contributed by atoms with E-state index in [0.29, 0.717) is 12.8 Å². The standard InChI is InChI=1S/C21H28N2O5S/c1-3-14(2)28-21(24)23-11-17(12-23)29(25,26)16-8-6-15(7-9-16)18-13-27-19-5-4-10-22-20(18)19/h4-5,10,13-17H,3,6-9,11-12H2,1-2H3/t14-,15?,16?/m1/s1. The van der Waals surface area contributed by atoms with Crippen LogP contribution in [0, 0.1) is 0 Å². The summed E-state index contributed by atoms with van der Waals surface area (Å²) >= 11 is 0. The van der Waals surface area contributed by atoms with E-state index in [1.54, 1.807) is 12.5 Å². The molecule has 8 heteroatoms. The van der Waals surface area contributed by atoms with Crippen molar-refractivity contribution in [3.05, 3.63) is 30.2 Å². The predicted octanol–water partition coefficient (Wildman–Crippen LogP) is 3.89. The van der Waals surface area contributed by atoms with Crippen LogP contribution in [0.25, 0.3) is 11.1 Å². The van der Waals surface area contributed by atoms with E-state index < -0.39 is 21.2 Å². The molecule has 2 aromatic heterocycles. The van der Waals surface area contributed by atoms with Crippen molar-refractivity contribution in [2.75, 3.05) is 13.1 Å². The third kappa shape index (κ3) is 3.86. The molecule has 0 N–H and O–H groups in total. The number of hydrogen-bond donors (Lipinski definition) is 0. The van der Waals surface area contributed by atoms with Crippen LogP contribution in [0.5, 0.6) is 0 Å². The minimum atomic E-state index is -3.25. The number of rotatable bonds is 5. The first-order chi connectivity index (χ1) is 13.9. The number of fused-ring (bicyclic) bond motifs is 1. The van der Waals surface area contributed by atoms with Crippen molar-refractivity contribution in [2.45, 2.75) is 68.5 Å². The zero-order valence-electron chi connectivity index (χ0n) is 16.9. The minimum Gasteiger partial charge on any atom is -0.462 e. The lowest BCUT2D eigenvalue weighted by atomic mass is 9.84. The smallest absolute Gasteiger partial charge is 0.410 e. The molecule has 0 radical (unpaired) electrons. The molecule has 0 spiro atoms. The molecular formula is C21H28N2O5S. The first kappa shape index (κ1) is 20.2. The maximum atomic E-state index is 13.0. The molecule has 1 saturated heterocycles. The van der Waals surface area contributed by atoms with E-state index in [4.69, 9.17) is 9.15 Å². The summed E-state index contributed by atoms with van der Waals surface area (Å²) < 4.78 is 36.9. The lowest BCUT2D eigenvalue weighted by Crippen LogP contribution is -2.59. The van der Waals surface area contributed by atoms with Gasteiger partial charge in [-0.15, -0.1) is 0 Å². The molecule has 1 aliphatic heterocycles. The van der Waals surface area contributed by atoms with Gasteiger partial charge in [0.25, 0.3) is 0 Å². The van der Waals surface area contributed by atoms with Crippen LogP contribution in [0.2, 0.25) is 0 Å². The van der Waals surface area contributed by atoms with Gasteiger partial charge >= 0.3 is 6.09 Å². The molecule has 1 saturated carbocycles. The summed E-state index contributed by atoms with van der Waals surface area (Å²) in [5, 5.41) is -0.799. The summed E-state index contributed by atoms with van der Waals surface area (Å²) in [6.45, 7) is 4.27. The van der Waals surface area contributed by atoms with Gasteiger partial charge in [0.05, 0.1) is 16.8 Å². The van der Waals surface area contributed by atoms with Crippen molar-refractivity contribution in [3.8, 4) is 0 Å². The largest absolute Gasteiger partial charge is 0.462 e. The number of carbonyl (C=O) groups is 1. The zero-order chi connectivity index (χ0) is 20.6. The second kappa shape index (κ2) is 7.97. The van der Waals surface area contributed by atoms with E-state index in [9.17, 15) is 13.2 Å². The average molecular weight is 421 g/mol. The molecule has 1 amide bonds. The lowest BCUT2D eigenvalue weighted by molar-refractivity contribution is 0.0526. The summed E-state index contributed by atoms with van der Waals surface area (Å²) in [6.07, 6.45) is 6.60. The molecule has 158 valence electrons. The summed E-state index contributed by atoms with van der Waals surface area (Å²) in [5.41, 5.74) is 2.74. The van der Waals surface area contributed by atoms with Crippen molar-refractivity contribution >= 4 is 27.0 Å². The average Bonchev–Trinajstić information content (AvgIpc) is 3.10. The summed E-state index contributed by atoms with van der Waals surface area (Å²) in [6, 6.07) is 3.75. The monoisotopic (exact) mass is 420 g/mol. The molecule has 0 bridgehead atoms. The van der Waals surface area contributed by atoms with Gasteiger partial charge in [0.2, 0.25) is 0 Å². The molecule has 2 fully saturated rings. The van der Waals surface area contributed by atoms with Crippen molar-refractivity contribution in [2.24, 2.45) is 0 Å². The highest BCUT2D eigenvalue weighted by Gasteiger charge is 2.45. The van der Waals surface area contributed by atoms with Crippen LogP contribution in [0.1, 0.15) is 57.4 Å². The maximum absolute atomic E-state index is 13.0. The van der Waals surface area contributed by atoms with Crippen LogP contribution in [-0.4, -0.2) is 54.1 Å². The fourth-order valence-corrected chi connectivity index (χ4v) is 6.52. The normalized spacial score (nSPS) is 24.3. The van der Waals surface area contributed by atoms with E-state index in [1.807, 2.05) is 26.0 Å². The topological polar surface area (TPSA) is 89.7 Å². The molecular weight excluding hydrogens is 392 g/mol. The first-order valence-corrected chi connectivity index (χ1v) is 12.0. The van der Waals surface area contributed by atoms with Crippen LogP contribution in [0.4, 0.5) is 4.79 Å². The number of sulfone groups is 1. The van der Waals surface area contributed by atoms with Gasteiger partial charge in [0.15, 0.2) is 15.4 Å². The number of amides is 1. The molecule has 0 aromatic carbocycles. The van der Waals surface area contributed by atoms with Gasteiger partial charge in [0, 0.05) is 24.8 Å². The SMILES string of the molecule is CC[C@@H](C)OC(=O)N1CC(S(=O)(=O)C2CCC(c3coc4cccnc34)CC2)C1. The third-order valence-corrected chi connectivity index (χ3v) is 9.01. The van der Waals surface area contributed by atoms with E-state index in [2.05, 4.69) is 4.98 Å². The molecule has 4 rings (SSSR count). The van der Waals surface area contributed by atoms with Crippen molar-refractivity contribution in [3.63, 3.8) is 0 Å². The molecule has 2 aromatic rings. The van der Waals surface area contributed by atoms with Crippen LogP contribution in [0.3, 0.4) is 0 Å². The first-order valence-electron chi connectivity index (χ1n) is 10.4. The van der Waals surface area contributed by atoms with Gasteiger partial charge < -0.3 is 14.1 Å². The fourth-order valence-electron chi connectivity index (χ4n) is 4.27. The Kier molecular flexibility index (Phi) is 5.55. The van der Waals surface area contributed by atoms with Crippen LogP contribution in [-0.2, 0) is 14.6 Å². The van der Waals surface area contributed by atoms with Crippen LogP contribution in [0.15, 0.2) is 29.0 Å². The number of ether oxygens (including phenoxy) is 1. The van der Waals surface area contributed by atoms with Gasteiger partial charge in [-0.1, -0.05) is 6.92 Å². The number of carbonyl (C=O) groups excluding carboxylic acids is 1. The highest BCUT2D eigenvalue weighted by atomic mass is 32.2. The Morgan fingerprint density at radius 3 is 2.69 bits per heavy atom. The third-order valence-electron chi connectivity index (χ3n) is 6.38.